The number of benzene rings is 2. The van der Waals surface area contributed by atoms with Gasteiger partial charge in [-0.05, 0) is 53.6 Å². The zero-order valence-electron chi connectivity index (χ0n) is 19.2. The highest BCUT2D eigenvalue weighted by Crippen LogP contribution is 2.39. The lowest BCUT2D eigenvalue weighted by Crippen LogP contribution is -2.49. The van der Waals surface area contributed by atoms with Gasteiger partial charge >= 0.3 is 6.85 Å². The Hall–Kier alpha value is -4.91. The van der Waals surface area contributed by atoms with E-state index in [2.05, 4.69) is 81.6 Å². The van der Waals surface area contributed by atoms with Crippen molar-refractivity contribution >= 4 is 18.0 Å². The van der Waals surface area contributed by atoms with Gasteiger partial charge in [0.2, 0.25) is 0 Å². The van der Waals surface area contributed by atoms with Crippen LogP contribution in [0.4, 0.5) is 5.69 Å². The van der Waals surface area contributed by atoms with E-state index >= 15 is 0 Å². The van der Waals surface area contributed by atoms with Gasteiger partial charge in [0.15, 0.2) is 17.5 Å². The standard InChI is InChI=1S/C29H19BN6/c1-2-10-23-21(9-1)22-14-13-20(19-26(22)36-18-8-5-15-30(23)36)27-33-28(24-11-3-6-16-31-24)35-29(34-27)25-12-4-7-17-32-25/h1-19H. The minimum Gasteiger partial charge on any atom is -0.383 e. The molecule has 6 nitrogen and oxygen atoms in total. The van der Waals surface area contributed by atoms with E-state index in [9.17, 15) is 0 Å². The molecule has 0 spiro atoms. The van der Waals surface area contributed by atoms with Gasteiger partial charge in [0, 0.05) is 29.2 Å². The van der Waals surface area contributed by atoms with Crippen molar-refractivity contribution in [3.63, 3.8) is 0 Å². The van der Waals surface area contributed by atoms with Gasteiger partial charge < -0.3 is 4.81 Å². The first-order valence-electron chi connectivity index (χ1n) is 11.8. The van der Waals surface area contributed by atoms with Crippen LogP contribution < -0.4 is 10.3 Å². The molecule has 0 N–H and O–H groups in total. The van der Waals surface area contributed by atoms with E-state index in [1.165, 1.54) is 16.6 Å². The molecular weight excluding hydrogens is 443 g/mol. The molecule has 0 saturated carbocycles. The molecular formula is C29H19BN6. The molecule has 2 aromatic carbocycles. The van der Waals surface area contributed by atoms with E-state index in [-0.39, 0.29) is 6.85 Å². The van der Waals surface area contributed by atoms with E-state index in [0.717, 1.165) is 11.3 Å². The zero-order chi connectivity index (χ0) is 23.9. The smallest absolute Gasteiger partial charge is 0.320 e. The van der Waals surface area contributed by atoms with Crippen LogP contribution in [0.5, 0.6) is 0 Å². The minimum absolute atomic E-state index is 0.153. The molecule has 2 aliphatic heterocycles. The molecule has 36 heavy (non-hydrogen) atoms. The van der Waals surface area contributed by atoms with Crippen molar-refractivity contribution in [2.75, 3.05) is 4.81 Å². The van der Waals surface area contributed by atoms with Crippen molar-refractivity contribution in [3.8, 4) is 45.6 Å². The van der Waals surface area contributed by atoms with Gasteiger partial charge in [-0.3, -0.25) is 9.97 Å². The molecule has 168 valence electrons. The van der Waals surface area contributed by atoms with E-state index in [4.69, 9.17) is 15.0 Å². The number of hydrogen-bond donors (Lipinski definition) is 0. The maximum atomic E-state index is 4.83. The van der Waals surface area contributed by atoms with Crippen LogP contribution in [0.3, 0.4) is 0 Å². The molecule has 0 fully saturated rings. The van der Waals surface area contributed by atoms with E-state index < -0.39 is 0 Å². The van der Waals surface area contributed by atoms with Gasteiger partial charge in [0.1, 0.15) is 11.4 Å². The first-order chi connectivity index (χ1) is 17.8. The quantitative estimate of drug-likeness (QED) is 0.353. The fourth-order valence-electron chi connectivity index (χ4n) is 4.82. The lowest BCUT2D eigenvalue weighted by molar-refractivity contribution is 1.05. The number of pyridine rings is 2. The second-order valence-electron chi connectivity index (χ2n) is 8.63. The molecule has 0 amide bonds. The van der Waals surface area contributed by atoms with E-state index in [1.54, 1.807) is 12.4 Å². The Morgan fingerprint density at radius 3 is 2.03 bits per heavy atom. The van der Waals surface area contributed by atoms with Gasteiger partial charge in [0.05, 0.1) is 0 Å². The third-order valence-corrected chi connectivity index (χ3v) is 6.48. The Kier molecular flexibility index (Phi) is 4.77. The Balaban J connectivity index is 1.42. The predicted molar refractivity (Wildman–Crippen MR) is 143 cm³/mol. The number of nitrogens with zero attached hydrogens (tertiary/aromatic N) is 6. The molecule has 3 aromatic heterocycles. The van der Waals surface area contributed by atoms with Crippen LogP contribution in [-0.4, -0.2) is 31.8 Å². The van der Waals surface area contributed by atoms with Crippen LogP contribution in [0, 0.1) is 0 Å². The van der Waals surface area contributed by atoms with E-state index in [1.807, 2.05) is 36.4 Å². The number of rotatable bonds is 3. The third kappa shape index (κ3) is 3.41. The van der Waals surface area contributed by atoms with Crippen LogP contribution in [0.1, 0.15) is 0 Å². The normalized spacial score (nSPS) is 13.2. The van der Waals surface area contributed by atoms with Crippen molar-refractivity contribution in [2.45, 2.75) is 0 Å². The fourth-order valence-corrected chi connectivity index (χ4v) is 4.82. The van der Waals surface area contributed by atoms with Gasteiger partial charge in [-0.1, -0.05) is 60.6 Å². The van der Waals surface area contributed by atoms with Crippen LogP contribution in [0.2, 0.25) is 0 Å². The summed E-state index contributed by atoms with van der Waals surface area (Å²) in [5.74, 6) is 3.85. The summed E-state index contributed by atoms with van der Waals surface area (Å²) in [5.41, 5.74) is 7.15. The summed E-state index contributed by atoms with van der Waals surface area (Å²) < 4.78 is 0. The summed E-state index contributed by atoms with van der Waals surface area (Å²) in [4.78, 5) is 25.6. The van der Waals surface area contributed by atoms with Crippen LogP contribution in [0.25, 0.3) is 45.6 Å². The second kappa shape index (κ2) is 8.39. The molecule has 2 aliphatic rings. The monoisotopic (exact) mass is 462 g/mol. The number of fused-ring (bicyclic) bond motifs is 6. The molecule has 0 aliphatic carbocycles. The van der Waals surface area contributed by atoms with Crippen molar-refractivity contribution < 1.29 is 0 Å². The highest BCUT2D eigenvalue weighted by molar-refractivity contribution is 6.83. The highest BCUT2D eigenvalue weighted by atomic mass is 15.1. The molecule has 0 saturated heterocycles. The first-order valence-corrected chi connectivity index (χ1v) is 11.8. The number of allylic oxidation sites excluding steroid dienone is 2. The van der Waals surface area contributed by atoms with Gasteiger partial charge in [-0.25, -0.2) is 15.0 Å². The van der Waals surface area contributed by atoms with E-state index in [0.29, 0.717) is 28.9 Å². The van der Waals surface area contributed by atoms with Gasteiger partial charge in [-0.2, -0.15) is 0 Å². The number of aromatic nitrogens is 5. The molecule has 0 unspecified atom stereocenters. The second-order valence-corrected chi connectivity index (χ2v) is 8.63. The Morgan fingerprint density at radius 2 is 1.31 bits per heavy atom. The van der Waals surface area contributed by atoms with Crippen molar-refractivity contribution in [1.82, 2.24) is 24.9 Å². The summed E-state index contributed by atoms with van der Waals surface area (Å²) in [6.45, 7) is 0.153. The first kappa shape index (κ1) is 20.5. The van der Waals surface area contributed by atoms with Gasteiger partial charge in [-0.15, -0.1) is 0 Å². The van der Waals surface area contributed by atoms with Crippen molar-refractivity contribution in [2.24, 2.45) is 0 Å². The van der Waals surface area contributed by atoms with Crippen LogP contribution in [-0.2, 0) is 0 Å². The largest absolute Gasteiger partial charge is 0.383 e. The topological polar surface area (TPSA) is 67.7 Å². The average Bonchev–Trinajstić information content (AvgIpc) is 2.98. The predicted octanol–water partition coefficient (Wildman–Crippen LogP) is 4.97. The minimum atomic E-state index is 0.153. The molecule has 5 aromatic rings. The molecule has 0 radical (unpaired) electrons. The lowest BCUT2D eigenvalue weighted by Gasteiger charge is -2.36. The zero-order valence-corrected chi connectivity index (χ0v) is 19.2. The fraction of sp³-hybridized carbons (Fsp3) is 0. The average molecular weight is 462 g/mol. The SMILES string of the molecule is C1=CB2c3ccccc3-c3ccc(-c4nc(-c5ccccn5)nc(-c5ccccn5)n4)cc3N2C=C1. The maximum absolute atomic E-state index is 4.83. The van der Waals surface area contributed by atoms with Crippen molar-refractivity contribution in [1.29, 1.82) is 0 Å². The van der Waals surface area contributed by atoms with Crippen LogP contribution in [0.15, 0.2) is 116 Å². The summed E-state index contributed by atoms with van der Waals surface area (Å²) in [5, 5.41) is 0. The Labute approximate surface area is 208 Å². The summed E-state index contributed by atoms with van der Waals surface area (Å²) in [6, 6.07) is 26.4. The maximum Gasteiger partial charge on any atom is 0.320 e. The summed E-state index contributed by atoms with van der Waals surface area (Å²) in [6.07, 6.45) is 9.80. The Bertz CT molecular complexity index is 1590. The molecule has 7 rings (SSSR count). The number of anilines is 1. The molecule has 0 bridgehead atoms. The molecule has 5 heterocycles. The van der Waals surface area contributed by atoms with Crippen LogP contribution >= 0.6 is 0 Å². The third-order valence-electron chi connectivity index (χ3n) is 6.48. The Morgan fingerprint density at radius 1 is 0.611 bits per heavy atom. The highest BCUT2D eigenvalue weighted by Gasteiger charge is 2.33. The molecule has 7 heteroatoms. The van der Waals surface area contributed by atoms with Gasteiger partial charge in [0.25, 0.3) is 0 Å². The summed E-state index contributed by atoms with van der Waals surface area (Å²) >= 11 is 0. The summed E-state index contributed by atoms with van der Waals surface area (Å²) in [7, 11) is 0. The number of hydrogen-bond acceptors (Lipinski definition) is 6. The lowest BCUT2D eigenvalue weighted by atomic mass is 9.49. The van der Waals surface area contributed by atoms with Crippen molar-refractivity contribution in [3.05, 3.63) is 116 Å². The molecule has 0 atom stereocenters.